The molecule has 24 nitrogen and oxygen atoms in total. The number of oxazole rings is 2. The van der Waals surface area contributed by atoms with Crippen molar-refractivity contribution in [2.75, 3.05) is 56.8 Å². The minimum absolute atomic E-state index is 0.00366. The van der Waals surface area contributed by atoms with Crippen LogP contribution in [-0.2, 0) is 49.7 Å². The Kier molecular flexibility index (Phi) is 18.2. The molecule has 0 spiro atoms. The number of benzene rings is 1. The van der Waals surface area contributed by atoms with E-state index in [1.54, 1.807) is 42.1 Å². The molecule has 0 saturated carbocycles. The summed E-state index contributed by atoms with van der Waals surface area (Å²) in [5.74, 6) is -3.15. The summed E-state index contributed by atoms with van der Waals surface area (Å²) in [6.07, 6.45) is 6.01. The maximum atomic E-state index is 13.8. The van der Waals surface area contributed by atoms with Crippen molar-refractivity contribution >= 4 is 69.5 Å². The molecule has 24 heteroatoms. The number of aryl methyl sites for hydroxylation is 4. The zero-order chi connectivity index (χ0) is 51.2. The normalized spacial score (nSPS) is 11.9. The summed E-state index contributed by atoms with van der Waals surface area (Å²) < 4.78 is 36.8. The van der Waals surface area contributed by atoms with Gasteiger partial charge in [-0.05, 0) is 31.0 Å². The van der Waals surface area contributed by atoms with Gasteiger partial charge in [-0.2, -0.15) is 0 Å². The molecule has 0 radical (unpaired) electrons. The largest absolute Gasteiger partial charge is 0.491 e. The number of nitrogens with zero attached hydrogens (tertiary/aromatic N) is 7. The Hall–Kier alpha value is -7.83. The molecule has 8 N–H and O–H groups in total. The van der Waals surface area contributed by atoms with Gasteiger partial charge in [0.15, 0.2) is 17.4 Å². The number of nitrogens with two attached hydrogens (primary N) is 3. The number of hydrogen-bond donors (Lipinski definition) is 5. The van der Waals surface area contributed by atoms with Crippen LogP contribution in [0.1, 0.15) is 105 Å². The number of amides is 4. The summed E-state index contributed by atoms with van der Waals surface area (Å²) in [6, 6.07) is 4.37. The first-order chi connectivity index (χ1) is 34.1. The van der Waals surface area contributed by atoms with Crippen molar-refractivity contribution in [2.45, 2.75) is 79.8 Å². The van der Waals surface area contributed by atoms with Gasteiger partial charge in [-0.3, -0.25) is 44.0 Å². The van der Waals surface area contributed by atoms with Gasteiger partial charge in [0, 0.05) is 64.5 Å². The molecule has 4 amide bonds. The lowest BCUT2D eigenvalue weighted by molar-refractivity contribution is -0.149. The molecule has 1 aromatic carbocycles. The number of imidazole rings is 2. The van der Waals surface area contributed by atoms with Gasteiger partial charge in [0.2, 0.25) is 35.2 Å². The van der Waals surface area contributed by atoms with Gasteiger partial charge in [-0.15, -0.1) is 0 Å². The van der Waals surface area contributed by atoms with E-state index in [-0.39, 0.29) is 109 Å². The third kappa shape index (κ3) is 13.5. The minimum Gasteiger partial charge on any atom is -0.491 e. The van der Waals surface area contributed by atoms with Crippen LogP contribution in [0.25, 0.3) is 22.2 Å². The average molecular weight is 983 g/mol. The van der Waals surface area contributed by atoms with Crippen molar-refractivity contribution in [1.82, 2.24) is 34.1 Å². The molecule has 378 valence electrons. The summed E-state index contributed by atoms with van der Waals surface area (Å²) in [4.78, 5) is 99.4. The molecule has 1 atom stereocenters. The molecule has 6 aromatic rings. The van der Waals surface area contributed by atoms with Crippen molar-refractivity contribution in [3.05, 3.63) is 82.4 Å². The number of hydrogen-bond acceptors (Lipinski definition) is 18. The Morgan fingerprint density at radius 1 is 0.732 bits per heavy atom. The summed E-state index contributed by atoms with van der Waals surface area (Å²) >= 11 is 0. The number of ether oxygens (including phenoxy) is 4. The van der Waals surface area contributed by atoms with E-state index in [1.165, 1.54) is 24.4 Å². The maximum absolute atomic E-state index is 13.8. The molecule has 6 rings (SSSR count). The number of pyridine rings is 1. The molecule has 0 saturated heterocycles. The van der Waals surface area contributed by atoms with E-state index in [4.69, 9.17) is 45.0 Å². The minimum atomic E-state index is -0.765. The number of carbonyl (C=O) groups excluding carboxylic acids is 6. The Bertz CT molecular complexity index is 2930. The third-order valence-electron chi connectivity index (χ3n) is 10.7. The molecule has 0 aliphatic rings. The number of nitrogens with one attached hydrogen (secondary N) is 2. The highest BCUT2D eigenvalue weighted by Crippen LogP contribution is 2.32. The first-order valence-corrected chi connectivity index (χ1v) is 23.0. The van der Waals surface area contributed by atoms with Crippen LogP contribution in [0.2, 0.25) is 0 Å². The lowest BCUT2D eigenvalue weighted by atomic mass is 10.0. The fourth-order valence-electron chi connectivity index (χ4n) is 7.29. The molecule has 0 aliphatic carbocycles. The third-order valence-corrected chi connectivity index (χ3v) is 10.7. The van der Waals surface area contributed by atoms with Gasteiger partial charge in [0.25, 0.3) is 11.8 Å². The van der Waals surface area contributed by atoms with Crippen molar-refractivity contribution in [2.24, 2.45) is 23.1 Å². The number of allylic oxidation sites excluding steroid dienone is 2. The summed E-state index contributed by atoms with van der Waals surface area (Å²) in [7, 11) is 0. The molecule has 0 bridgehead atoms. The van der Waals surface area contributed by atoms with Gasteiger partial charge in [-0.25, -0.2) is 24.9 Å². The highest BCUT2D eigenvalue weighted by molar-refractivity contribution is 6.05. The number of anilines is 2. The van der Waals surface area contributed by atoms with Crippen LogP contribution in [-0.4, -0.2) is 116 Å². The number of primary amides is 2. The van der Waals surface area contributed by atoms with E-state index in [9.17, 15) is 28.8 Å². The van der Waals surface area contributed by atoms with Crippen molar-refractivity contribution in [3.8, 4) is 5.75 Å². The number of Topliss-reactive ketones (excluding diaryl/α,β-unsaturated/α-hetero) is 1. The summed E-state index contributed by atoms with van der Waals surface area (Å²) in [5.41, 5.74) is 18.9. The smallest absolute Gasteiger partial charge is 0.309 e. The van der Waals surface area contributed by atoms with Crippen LogP contribution in [0.3, 0.4) is 0 Å². The Labute approximate surface area is 407 Å². The van der Waals surface area contributed by atoms with Gasteiger partial charge in [0.1, 0.15) is 22.6 Å². The fraction of sp³-hybridized carbons (Fsp3) is 0.426. The number of aromatic nitrogens is 7. The van der Waals surface area contributed by atoms with Crippen LogP contribution in [0, 0.1) is 19.8 Å². The van der Waals surface area contributed by atoms with E-state index in [0.717, 1.165) is 0 Å². The second-order valence-electron chi connectivity index (χ2n) is 16.1. The predicted molar refractivity (Wildman–Crippen MR) is 256 cm³/mol. The van der Waals surface area contributed by atoms with Crippen molar-refractivity contribution in [3.63, 3.8) is 0 Å². The maximum Gasteiger partial charge on any atom is 0.309 e. The first kappa shape index (κ1) is 52.5. The van der Waals surface area contributed by atoms with Crippen LogP contribution in [0.5, 0.6) is 5.75 Å². The molecular formula is C47H58N12O12. The molecule has 71 heavy (non-hydrogen) atoms. The van der Waals surface area contributed by atoms with Gasteiger partial charge in [0.05, 0.1) is 68.0 Å². The summed E-state index contributed by atoms with van der Waals surface area (Å²) in [6.45, 7) is 10.4. The Morgan fingerprint density at radius 2 is 1.31 bits per heavy atom. The van der Waals surface area contributed by atoms with Crippen LogP contribution in [0.4, 0.5) is 11.9 Å². The summed E-state index contributed by atoms with van der Waals surface area (Å²) in [5, 5.41) is 5.60. The topological polar surface area (TPSA) is 342 Å². The molecule has 5 heterocycles. The molecule has 0 aliphatic heterocycles. The van der Waals surface area contributed by atoms with Crippen molar-refractivity contribution in [1.29, 1.82) is 0 Å². The second kappa shape index (κ2) is 24.6. The number of esters is 1. The molecule has 0 unspecified atom stereocenters. The highest BCUT2D eigenvalue weighted by atomic mass is 16.5. The fourth-order valence-corrected chi connectivity index (χ4v) is 7.29. The number of fused-ring (bicyclic) bond motifs is 2. The molecule has 5 aromatic heterocycles. The zero-order valence-electron chi connectivity index (χ0n) is 40.2. The predicted octanol–water partition coefficient (Wildman–Crippen LogP) is 3.75. The first-order valence-electron chi connectivity index (χ1n) is 23.0. The van der Waals surface area contributed by atoms with E-state index in [0.29, 0.717) is 73.5 Å². The van der Waals surface area contributed by atoms with Crippen LogP contribution >= 0.6 is 0 Å². The number of carbonyl (C=O) groups is 6. The lowest BCUT2D eigenvalue weighted by Crippen LogP contribution is -2.20. The molecule has 0 fully saturated rings. The van der Waals surface area contributed by atoms with E-state index in [2.05, 4.69) is 35.6 Å². The SMILES string of the molecule is CCc1nc(C)oc1C(=O)Nc1nc2cc(C(N)=O)cnc2n1C/C=C/Cn1c(NC(=O)c2oc(C)nc2CC)nc2cc(C(N)=O)cc(OCCCOC(=O)[C@H](C)CC(=O)CCOCCOCCN)c21. The average Bonchev–Trinajstić information content (AvgIpc) is 4.11. The number of ketones is 1. The van der Waals surface area contributed by atoms with Crippen LogP contribution < -0.4 is 32.6 Å². The quantitative estimate of drug-likeness (QED) is 0.0265. The lowest BCUT2D eigenvalue weighted by Gasteiger charge is -2.14. The van der Waals surface area contributed by atoms with E-state index in [1.807, 2.05) is 13.8 Å². The highest BCUT2D eigenvalue weighted by Gasteiger charge is 2.25. The van der Waals surface area contributed by atoms with Crippen LogP contribution in [0.15, 0.2) is 45.4 Å². The van der Waals surface area contributed by atoms with Crippen molar-refractivity contribution < 1.29 is 56.5 Å². The Balaban J connectivity index is 1.22. The van der Waals surface area contributed by atoms with Gasteiger partial charge >= 0.3 is 5.97 Å². The van der Waals surface area contributed by atoms with Gasteiger partial charge < -0.3 is 49.5 Å². The monoisotopic (exact) mass is 982 g/mol. The Morgan fingerprint density at radius 3 is 1.92 bits per heavy atom. The van der Waals surface area contributed by atoms with Gasteiger partial charge in [-0.1, -0.05) is 32.9 Å². The molecular weight excluding hydrogens is 925 g/mol. The second-order valence-corrected chi connectivity index (χ2v) is 16.1. The van der Waals surface area contributed by atoms with E-state index >= 15 is 0 Å². The number of rotatable bonds is 28. The zero-order valence-corrected chi connectivity index (χ0v) is 40.2. The standard InChI is InChI=1S/C47H58N12O12/c1-6-32-38(70-27(4)52-32)43(63)56-46-54-34-22-29(40(49)61)24-36(68-15-10-16-69-45(65)26(3)21-31(60)11-17-66-19-20-67-18-12-48)37(34)58(46)13-8-9-14-59-42-35(23-30(25-51-42)41(50)62)55-47(59)57-44(64)39-33(7-2)53-28(5)71-39/h8-9,22-26H,6-7,10-21,48H2,1-5H3,(H2,49,61)(H2,50,62)(H,54,56,63)(H,55,57,64)/b9-8+/t26-/m1/s1. The van der Waals surface area contributed by atoms with E-state index < -0.39 is 35.5 Å².